The van der Waals surface area contributed by atoms with E-state index in [0.717, 1.165) is 18.6 Å². The number of rotatable bonds is 13. The Labute approximate surface area is 206 Å². The van der Waals surface area contributed by atoms with Crippen molar-refractivity contribution in [2.75, 3.05) is 12.3 Å². The number of nitrogens with one attached hydrogen (secondary N) is 3. The highest BCUT2D eigenvalue weighted by atomic mass is 32.2. The van der Waals surface area contributed by atoms with Crippen LogP contribution in [0.4, 0.5) is 4.79 Å². The van der Waals surface area contributed by atoms with E-state index in [4.69, 9.17) is 4.55 Å². The van der Waals surface area contributed by atoms with E-state index in [1.54, 1.807) is 0 Å². The van der Waals surface area contributed by atoms with E-state index in [1.165, 1.54) is 0 Å². The third kappa shape index (κ3) is 6.85. The van der Waals surface area contributed by atoms with Crippen LogP contribution >= 0.6 is 11.8 Å². The van der Waals surface area contributed by atoms with Crippen LogP contribution in [-0.4, -0.2) is 93.6 Å². The van der Waals surface area contributed by atoms with Crippen LogP contribution in [0, 0.1) is 0 Å². The summed E-state index contributed by atoms with van der Waals surface area (Å²) in [7, 11) is -4.81. The molecule has 0 aromatic carbocycles. The first kappa shape index (κ1) is 27.2. The maximum atomic E-state index is 12.2. The van der Waals surface area contributed by atoms with Gasteiger partial charge in [-0.1, -0.05) is 6.42 Å². The van der Waals surface area contributed by atoms with E-state index < -0.39 is 45.6 Å². The van der Waals surface area contributed by atoms with E-state index in [9.17, 15) is 37.5 Å². The molecule has 2 unspecified atom stereocenters. The highest BCUT2D eigenvalue weighted by Gasteiger charge is 2.50. The Morgan fingerprint density at radius 3 is 2.54 bits per heavy atom. The summed E-state index contributed by atoms with van der Waals surface area (Å²) in [5.41, 5.74) is 0. The molecule has 35 heavy (non-hydrogen) atoms. The molecule has 0 aliphatic carbocycles. The van der Waals surface area contributed by atoms with Gasteiger partial charge < -0.3 is 21.1 Å². The number of amides is 5. The Morgan fingerprint density at radius 1 is 1.14 bits per heavy atom. The Balaban J connectivity index is 1.31. The largest absolute Gasteiger partial charge is 0.480 e. The van der Waals surface area contributed by atoms with Gasteiger partial charge in [-0.05, 0) is 32.1 Å². The van der Waals surface area contributed by atoms with Crippen molar-refractivity contribution < 1.29 is 42.0 Å². The van der Waals surface area contributed by atoms with Crippen molar-refractivity contribution in [3.63, 3.8) is 0 Å². The molecule has 0 aromatic heterocycles. The molecule has 3 aliphatic heterocycles. The van der Waals surface area contributed by atoms with Crippen LogP contribution in [0.2, 0.25) is 0 Å². The molecule has 3 heterocycles. The van der Waals surface area contributed by atoms with Crippen LogP contribution < -0.4 is 16.0 Å². The summed E-state index contributed by atoms with van der Waals surface area (Å²) in [5, 5.41) is 16.4. The second-order valence-electron chi connectivity index (χ2n) is 8.88. The quantitative estimate of drug-likeness (QED) is 0.0885. The number of carboxylic acids is 1. The van der Waals surface area contributed by atoms with Gasteiger partial charge in [-0.2, -0.15) is 20.2 Å². The van der Waals surface area contributed by atoms with Crippen molar-refractivity contribution in [2.24, 2.45) is 0 Å². The Kier molecular flexibility index (Phi) is 8.99. The van der Waals surface area contributed by atoms with Gasteiger partial charge >= 0.3 is 12.0 Å². The number of carboxylic acid groups (broad SMARTS) is 1. The molecule has 3 saturated heterocycles. The van der Waals surface area contributed by atoms with Gasteiger partial charge in [-0.25, -0.2) is 9.59 Å². The highest BCUT2D eigenvalue weighted by Crippen LogP contribution is 2.33. The normalized spacial score (nSPS) is 26.9. The number of fused-ring (bicyclic) bond motifs is 1. The summed E-state index contributed by atoms with van der Waals surface area (Å²) in [6, 6.07) is -1.35. The Hall–Kier alpha value is -2.39. The van der Waals surface area contributed by atoms with Crippen LogP contribution in [0.25, 0.3) is 0 Å². The summed E-state index contributed by atoms with van der Waals surface area (Å²) in [6.45, 7) is 0.292. The smallest absolute Gasteiger partial charge is 0.326 e. The van der Waals surface area contributed by atoms with Gasteiger partial charge in [0.1, 0.15) is 6.04 Å². The van der Waals surface area contributed by atoms with Gasteiger partial charge in [0.2, 0.25) is 11.8 Å². The molecule has 5 N–H and O–H groups in total. The van der Waals surface area contributed by atoms with Crippen LogP contribution in [0.3, 0.4) is 0 Å². The molecule has 0 saturated carbocycles. The lowest BCUT2D eigenvalue weighted by Crippen LogP contribution is -2.46. The zero-order valence-electron chi connectivity index (χ0n) is 19.0. The number of imide groups is 1. The summed E-state index contributed by atoms with van der Waals surface area (Å²) in [5.74, 6) is -2.90. The lowest BCUT2D eigenvalue weighted by molar-refractivity contribution is -0.154. The minimum absolute atomic E-state index is 0.104. The van der Waals surface area contributed by atoms with E-state index in [1.807, 2.05) is 11.8 Å². The molecular formula is C20H30N4O9S2. The van der Waals surface area contributed by atoms with Gasteiger partial charge in [-0.3, -0.25) is 23.8 Å². The molecule has 13 nitrogen and oxygen atoms in total. The van der Waals surface area contributed by atoms with Crippen molar-refractivity contribution in [2.45, 2.75) is 80.0 Å². The first-order chi connectivity index (χ1) is 16.5. The summed E-state index contributed by atoms with van der Waals surface area (Å²) >= 11 is 1.82. The van der Waals surface area contributed by atoms with Gasteiger partial charge in [-0.15, -0.1) is 0 Å². The third-order valence-electron chi connectivity index (χ3n) is 6.40. The average molecular weight is 535 g/mol. The fraction of sp³-hybridized carbons (Fsp3) is 0.750. The van der Waals surface area contributed by atoms with E-state index in [-0.39, 0.29) is 36.9 Å². The van der Waals surface area contributed by atoms with Crippen LogP contribution in [0.15, 0.2) is 0 Å². The molecule has 0 spiro atoms. The van der Waals surface area contributed by atoms with Crippen molar-refractivity contribution in [3.8, 4) is 0 Å². The van der Waals surface area contributed by atoms with Gasteiger partial charge in [0.15, 0.2) is 5.25 Å². The molecular weight excluding hydrogens is 504 g/mol. The zero-order chi connectivity index (χ0) is 25.8. The van der Waals surface area contributed by atoms with Gasteiger partial charge in [0.25, 0.3) is 16.0 Å². The monoisotopic (exact) mass is 534 g/mol. The molecule has 3 aliphatic rings. The molecule has 3 rings (SSSR count). The number of urea groups is 1. The maximum Gasteiger partial charge on any atom is 0.326 e. The molecule has 0 bridgehead atoms. The van der Waals surface area contributed by atoms with Crippen molar-refractivity contribution in [1.82, 2.24) is 20.9 Å². The fourth-order valence-electron chi connectivity index (χ4n) is 4.60. The average Bonchev–Trinajstić information content (AvgIpc) is 3.40. The van der Waals surface area contributed by atoms with E-state index in [0.29, 0.717) is 36.0 Å². The van der Waals surface area contributed by atoms with E-state index >= 15 is 0 Å². The van der Waals surface area contributed by atoms with Gasteiger partial charge in [0, 0.05) is 24.0 Å². The number of carbonyl (C=O) groups excluding carboxylic acids is 4. The first-order valence-corrected chi connectivity index (χ1v) is 14.0. The third-order valence-corrected chi connectivity index (χ3v) is 9.00. The standard InChI is InChI=1S/C20H30N4O9S2/c25-15(7-2-1-6-13-17-11(10-34-13)22-20(30)23-17)21-8-4-3-5-12(19(28)29)24-16(26)9-14(18(24)27)35(31,32)33/h11-14,17H,1-10H2,(H,21,25)(H,28,29)(H2,22,23,30)(H,31,32,33)/t11-,12?,13-,14?,17-/m0/s1. The molecule has 196 valence electrons. The van der Waals surface area contributed by atoms with E-state index in [2.05, 4.69) is 16.0 Å². The Bertz CT molecular complexity index is 974. The fourth-order valence-corrected chi connectivity index (χ4v) is 6.86. The van der Waals surface area contributed by atoms with Crippen molar-refractivity contribution >= 4 is 51.6 Å². The van der Waals surface area contributed by atoms with Gasteiger partial charge in [0.05, 0.1) is 18.5 Å². The molecule has 0 radical (unpaired) electrons. The van der Waals surface area contributed by atoms with Crippen molar-refractivity contribution in [3.05, 3.63) is 0 Å². The predicted molar refractivity (Wildman–Crippen MR) is 124 cm³/mol. The molecule has 5 amide bonds. The minimum atomic E-state index is -4.81. The summed E-state index contributed by atoms with van der Waals surface area (Å²) < 4.78 is 31.6. The topological polar surface area (TPSA) is 199 Å². The van der Waals surface area contributed by atoms with Crippen LogP contribution in [0.1, 0.15) is 51.4 Å². The highest BCUT2D eigenvalue weighted by molar-refractivity contribution is 8.00. The lowest BCUT2D eigenvalue weighted by atomic mass is 10.0. The first-order valence-electron chi connectivity index (χ1n) is 11.5. The summed E-state index contributed by atoms with van der Waals surface area (Å²) in [4.78, 5) is 59.6. The zero-order valence-corrected chi connectivity index (χ0v) is 20.6. The number of hydrogen-bond acceptors (Lipinski definition) is 8. The summed E-state index contributed by atoms with van der Waals surface area (Å²) in [6.07, 6.45) is 2.60. The number of nitrogens with zero attached hydrogens (tertiary/aromatic N) is 1. The number of thioether (sulfide) groups is 1. The lowest BCUT2D eigenvalue weighted by Gasteiger charge is -2.22. The number of aliphatic carboxylic acids is 1. The van der Waals surface area contributed by atoms with Crippen molar-refractivity contribution in [1.29, 1.82) is 0 Å². The maximum absolute atomic E-state index is 12.2. The van der Waals surface area contributed by atoms with Crippen LogP contribution in [0.5, 0.6) is 0 Å². The molecule has 3 fully saturated rings. The molecule has 15 heteroatoms. The molecule has 0 aromatic rings. The molecule has 5 atom stereocenters. The SMILES string of the molecule is O=C(CCCC[C@@H]1SC[C@@H]2NC(=O)N[C@@H]21)NCCCCC(C(=O)O)N1C(=O)CC(S(=O)(=O)O)C1=O. The second-order valence-corrected chi connectivity index (χ2v) is 11.7. The minimum Gasteiger partial charge on any atom is -0.480 e. The second kappa shape index (κ2) is 11.6. The Morgan fingerprint density at radius 2 is 1.89 bits per heavy atom. The number of unbranched alkanes of at least 4 members (excludes halogenated alkanes) is 2. The number of hydrogen-bond donors (Lipinski definition) is 5. The predicted octanol–water partition coefficient (Wildman–Crippen LogP) is -0.533. The number of likely N-dealkylation sites (tertiary alicyclic amines) is 1. The number of carbonyl (C=O) groups is 5. The van der Waals surface area contributed by atoms with Crippen LogP contribution in [-0.2, 0) is 29.3 Å².